The summed E-state index contributed by atoms with van der Waals surface area (Å²) < 4.78 is 12.8. The Balaban J connectivity index is 2.90. The number of amides is 2. The van der Waals surface area contributed by atoms with Crippen LogP contribution >= 0.6 is 23.2 Å². The van der Waals surface area contributed by atoms with E-state index in [1.165, 1.54) is 0 Å². The molecule has 82 valence electrons. The number of hydrogen-bond acceptors (Lipinski definition) is 1. The lowest BCUT2D eigenvalue weighted by atomic mass is 10.3. The minimum Gasteiger partial charge on any atom is -0.338 e. The summed E-state index contributed by atoms with van der Waals surface area (Å²) in [7, 11) is 0. The molecule has 0 unspecified atom stereocenters. The fraction of sp³-hybridized carbons (Fsp3) is 0.222. The Bertz CT molecular complexity index is 361. The van der Waals surface area contributed by atoms with E-state index in [9.17, 15) is 9.18 Å². The minimum atomic E-state index is -0.550. The van der Waals surface area contributed by atoms with Crippen molar-refractivity contribution in [1.29, 1.82) is 0 Å². The molecule has 0 heterocycles. The second-order valence-electron chi connectivity index (χ2n) is 2.73. The highest BCUT2D eigenvalue weighted by Gasteiger charge is 2.10. The number of urea groups is 1. The first kappa shape index (κ1) is 12.1. The molecule has 0 aromatic heterocycles. The normalized spacial score (nSPS) is 9.87. The fourth-order valence-corrected chi connectivity index (χ4v) is 1.53. The molecule has 0 saturated carbocycles. The molecule has 0 atom stereocenters. The van der Waals surface area contributed by atoms with Gasteiger partial charge in [0.15, 0.2) is 0 Å². The van der Waals surface area contributed by atoms with Crippen LogP contribution in [0.1, 0.15) is 6.92 Å². The summed E-state index contributed by atoms with van der Waals surface area (Å²) in [6, 6.07) is 1.72. The van der Waals surface area contributed by atoms with Gasteiger partial charge in [-0.2, -0.15) is 0 Å². The van der Waals surface area contributed by atoms with Gasteiger partial charge in [-0.3, -0.25) is 0 Å². The van der Waals surface area contributed by atoms with E-state index in [4.69, 9.17) is 23.2 Å². The van der Waals surface area contributed by atoms with Crippen LogP contribution in [0.25, 0.3) is 0 Å². The maximum absolute atomic E-state index is 12.8. The third-order valence-electron chi connectivity index (χ3n) is 1.58. The van der Waals surface area contributed by atoms with Crippen LogP contribution in [-0.4, -0.2) is 12.6 Å². The Morgan fingerprint density at radius 1 is 1.40 bits per heavy atom. The first-order valence-corrected chi connectivity index (χ1v) is 4.99. The molecule has 0 aliphatic carbocycles. The van der Waals surface area contributed by atoms with Crippen LogP contribution in [0.3, 0.4) is 0 Å². The molecule has 0 fully saturated rings. The van der Waals surface area contributed by atoms with Gasteiger partial charge in [-0.1, -0.05) is 23.2 Å². The molecular weight excluding hydrogens is 242 g/mol. The zero-order chi connectivity index (χ0) is 11.4. The Morgan fingerprint density at radius 2 is 1.93 bits per heavy atom. The van der Waals surface area contributed by atoms with E-state index in [0.29, 0.717) is 6.54 Å². The maximum atomic E-state index is 12.8. The predicted molar refractivity (Wildman–Crippen MR) is 59.1 cm³/mol. The minimum absolute atomic E-state index is 0.0613. The average Bonchev–Trinajstić information content (AvgIpc) is 2.11. The van der Waals surface area contributed by atoms with Crippen LogP contribution in [0.4, 0.5) is 14.9 Å². The molecule has 2 amide bonds. The topological polar surface area (TPSA) is 41.1 Å². The van der Waals surface area contributed by atoms with Gasteiger partial charge in [-0.05, 0) is 19.1 Å². The van der Waals surface area contributed by atoms with Gasteiger partial charge in [0.25, 0.3) is 0 Å². The van der Waals surface area contributed by atoms with Gasteiger partial charge in [0.1, 0.15) is 5.82 Å². The Hall–Kier alpha value is -1.00. The molecule has 0 radical (unpaired) electrons. The average molecular weight is 251 g/mol. The van der Waals surface area contributed by atoms with E-state index in [-0.39, 0.29) is 15.7 Å². The van der Waals surface area contributed by atoms with Crippen molar-refractivity contribution in [2.75, 3.05) is 11.9 Å². The number of carbonyl (C=O) groups excluding carboxylic acids is 1. The summed E-state index contributed by atoms with van der Waals surface area (Å²) in [5.41, 5.74) is 0.200. The number of carbonyl (C=O) groups is 1. The van der Waals surface area contributed by atoms with Gasteiger partial charge in [-0.25, -0.2) is 9.18 Å². The smallest absolute Gasteiger partial charge is 0.319 e. The third kappa shape index (κ3) is 3.25. The van der Waals surface area contributed by atoms with Crippen LogP contribution in [0.2, 0.25) is 10.0 Å². The maximum Gasteiger partial charge on any atom is 0.319 e. The van der Waals surface area contributed by atoms with Gasteiger partial charge < -0.3 is 10.6 Å². The molecule has 0 bridgehead atoms. The van der Waals surface area contributed by atoms with Crippen LogP contribution in [0.15, 0.2) is 12.1 Å². The Morgan fingerprint density at radius 3 is 2.40 bits per heavy atom. The lowest BCUT2D eigenvalue weighted by molar-refractivity contribution is 0.252. The van der Waals surface area contributed by atoms with Gasteiger partial charge >= 0.3 is 6.03 Å². The van der Waals surface area contributed by atoms with Crippen LogP contribution < -0.4 is 10.6 Å². The number of halogens is 3. The van der Waals surface area contributed by atoms with E-state index in [2.05, 4.69) is 10.6 Å². The van der Waals surface area contributed by atoms with Gasteiger partial charge in [0.2, 0.25) is 0 Å². The number of hydrogen-bond donors (Lipinski definition) is 2. The van der Waals surface area contributed by atoms with Gasteiger partial charge in [-0.15, -0.1) is 0 Å². The van der Waals surface area contributed by atoms with E-state index in [0.717, 1.165) is 12.1 Å². The van der Waals surface area contributed by atoms with Crippen molar-refractivity contribution >= 4 is 34.9 Å². The summed E-state index contributed by atoms with van der Waals surface area (Å²) >= 11 is 11.4. The van der Waals surface area contributed by atoms with Gasteiger partial charge in [0, 0.05) is 6.54 Å². The zero-order valence-electron chi connectivity index (χ0n) is 7.90. The summed E-state index contributed by atoms with van der Waals surface area (Å²) in [5.74, 6) is -0.550. The van der Waals surface area contributed by atoms with Crippen molar-refractivity contribution in [2.45, 2.75) is 6.92 Å². The molecule has 2 N–H and O–H groups in total. The van der Waals surface area contributed by atoms with Crippen LogP contribution in [0.5, 0.6) is 0 Å². The van der Waals surface area contributed by atoms with E-state index >= 15 is 0 Å². The molecule has 0 aliphatic rings. The molecule has 0 spiro atoms. The first-order valence-electron chi connectivity index (χ1n) is 4.24. The third-order valence-corrected chi connectivity index (χ3v) is 2.18. The lowest BCUT2D eigenvalue weighted by Crippen LogP contribution is -2.28. The highest BCUT2D eigenvalue weighted by molar-refractivity contribution is 6.39. The summed E-state index contributed by atoms with van der Waals surface area (Å²) in [6.07, 6.45) is 0. The molecular formula is C9H9Cl2FN2O. The Kier molecular flexibility index (Phi) is 4.17. The lowest BCUT2D eigenvalue weighted by Gasteiger charge is -2.09. The molecule has 1 rings (SSSR count). The SMILES string of the molecule is CCNC(=O)Nc1c(Cl)cc(F)cc1Cl. The van der Waals surface area contributed by atoms with Crippen molar-refractivity contribution in [3.63, 3.8) is 0 Å². The standard InChI is InChI=1S/C9H9Cl2FN2O/c1-2-13-9(15)14-8-6(10)3-5(12)4-7(8)11/h3-4H,2H2,1H3,(H2,13,14,15). The second kappa shape index (κ2) is 5.19. The van der Waals surface area contributed by atoms with Crippen LogP contribution in [-0.2, 0) is 0 Å². The molecule has 0 aliphatic heterocycles. The fourth-order valence-electron chi connectivity index (χ4n) is 0.980. The zero-order valence-corrected chi connectivity index (χ0v) is 9.42. The van der Waals surface area contributed by atoms with Crippen molar-refractivity contribution in [2.24, 2.45) is 0 Å². The van der Waals surface area contributed by atoms with Crippen molar-refractivity contribution in [3.05, 3.63) is 28.0 Å². The number of benzene rings is 1. The van der Waals surface area contributed by atoms with Crippen molar-refractivity contribution < 1.29 is 9.18 Å². The summed E-state index contributed by atoms with van der Waals surface area (Å²) in [6.45, 7) is 2.25. The number of rotatable bonds is 2. The summed E-state index contributed by atoms with van der Waals surface area (Å²) in [4.78, 5) is 11.2. The number of anilines is 1. The highest BCUT2D eigenvalue weighted by atomic mass is 35.5. The highest BCUT2D eigenvalue weighted by Crippen LogP contribution is 2.31. The quantitative estimate of drug-likeness (QED) is 0.832. The molecule has 1 aromatic carbocycles. The van der Waals surface area contributed by atoms with E-state index in [1.54, 1.807) is 6.92 Å². The monoisotopic (exact) mass is 250 g/mol. The summed E-state index contributed by atoms with van der Waals surface area (Å²) in [5, 5.41) is 5.05. The largest absolute Gasteiger partial charge is 0.338 e. The van der Waals surface area contributed by atoms with Crippen molar-refractivity contribution in [3.8, 4) is 0 Å². The molecule has 15 heavy (non-hydrogen) atoms. The molecule has 1 aromatic rings. The molecule has 3 nitrogen and oxygen atoms in total. The van der Waals surface area contributed by atoms with E-state index in [1.807, 2.05) is 0 Å². The molecule has 0 saturated heterocycles. The second-order valence-corrected chi connectivity index (χ2v) is 3.54. The molecule has 6 heteroatoms. The Labute approximate surface area is 96.6 Å². The van der Waals surface area contributed by atoms with Gasteiger partial charge in [0.05, 0.1) is 15.7 Å². The predicted octanol–water partition coefficient (Wildman–Crippen LogP) is 3.27. The van der Waals surface area contributed by atoms with Crippen molar-refractivity contribution in [1.82, 2.24) is 5.32 Å². The number of nitrogens with one attached hydrogen (secondary N) is 2. The first-order chi connectivity index (χ1) is 7.04. The van der Waals surface area contributed by atoms with Crippen LogP contribution in [0, 0.1) is 5.82 Å². The van der Waals surface area contributed by atoms with E-state index < -0.39 is 11.8 Å².